The Morgan fingerprint density at radius 1 is 1.36 bits per heavy atom. The predicted octanol–water partition coefficient (Wildman–Crippen LogP) is 1.11. The molecule has 0 aromatic rings. The highest BCUT2D eigenvalue weighted by Gasteiger charge is 2.48. The molecule has 2 unspecified atom stereocenters. The average molecular weight is 218 g/mol. The zero-order chi connectivity index (χ0) is 10.4. The highest BCUT2D eigenvalue weighted by Crippen LogP contribution is 2.45. The molecule has 0 saturated heterocycles. The van der Waals surface area contributed by atoms with Crippen LogP contribution in [0.15, 0.2) is 0 Å². The molecule has 2 rings (SSSR count). The molecule has 2 aliphatic carbocycles. The Bertz CT molecular complexity index is 318. The van der Waals surface area contributed by atoms with Gasteiger partial charge in [-0.15, -0.1) is 0 Å². The third-order valence-electron chi connectivity index (χ3n) is 3.53. The van der Waals surface area contributed by atoms with Gasteiger partial charge in [-0.1, -0.05) is 12.8 Å². The summed E-state index contributed by atoms with van der Waals surface area (Å²) in [4.78, 5) is 0. The fourth-order valence-corrected chi connectivity index (χ4v) is 4.30. The van der Waals surface area contributed by atoms with Crippen molar-refractivity contribution in [3.63, 3.8) is 0 Å². The van der Waals surface area contributed by atoms with E-state index in [0.717, 1.165) is 6.42 Å². The minimum absolute atomic E-state index is 0.504. The zero-order valence-corrected chi connectivity index (χ0v) is 9.39. The minimum Gasteiger partial charge on any atom is -0.389 e. The van der Waals surface area contributed by atoms with Gasteiger partial charge in [-0.25, -0.2) is 8.42 Å². The molecule has 0 amide bonds. The van der Waals surface area contributed by atoms with Crippen LogP contribution >= 0.6 is 0 Å². The molecule has 2 fully saturated rings. The van der Waals surface area contributed by atoms with Crippen molar-refractivity contribution in [1.29, 1.82) is 0 Å². The van der Waals surface area contributed by atoms with Crippen LogP contribution < -0.4 is 0 Å². The molecule has 1 N–H and O–H groups in total. The molecular weight excluding hydrogens is 200 g/mol. The molecule has 2 atom stereocenters. The molecule has 0 bridgehead atoms. The Morgan fingerprint density at radius 3 is 2.50 bits per heavy atom. The highest BCUT2D eigenvalue weighted by molar-refractivity contribution is 7.91. The Balaban J connectivity index is 2.15. The summed E-state index contributed by atoms with van der Waals surface area (Å²) in [7, 11) is -3.08. The van der Waals surface area contributed by atoms with Crippen molar-refractivity contribution in [2.45, 2.75) is 49.4 Å². The molecule has 4 heteroatoms. The molecule has 14 heavy (non-hydrogen) atoms. The average Bonchev–Trinajstić information content (AvgIpc) is 2.70. The summed E-state index contributed by atoms with van der Waals surface area (Å²) in [5.41, 5.74) is -0.908. The van der Waals surface area contributed by atoms with Gasteiger partial charge in [0.2, 0.25) is 0 Å². The van der Waals surface area contributed by atoms with Gasteiger partial charge in [0, 0.05) is 6.26 Å². The number of sulfone groups is 1. The monoisotopic (exact) mass is 218 g/mol. The van der Waals surface area contributed by atoms with Crippen LogP contribution in [0, 0.1) is 5.92 Å². The molecule has 0 heterocycles. The Labute approximate surface area is 85.4 Å². The quantitative estimate of drug-likeness (QED) is 0.772. The van der Waals surface area contributed by atoms with E-state index < -0.39 is 20.7 Å². The van der Waals surface area contributed by atoms with E-state index in [2.05, 4.69) is 0 Å². The SMILES string of the molecule is CS(=O)(=O)C1CCCC1(O)CC1CC1. The van der Waals surface area contributed by atoms with E-state index in [-0.39, 0.29) is 0 Å². The van der Waals surface area contributed by atoms with Crippen molar-refractivity contribution in [1.82, 2.24) is 0 Å². The summed E-state index contributed by atoms with van der Waals surface area (Å²) in [5, 5.41) is 9.81. The summed E-state index contributed by atoms with van der Waals surface area (Å²) >= 11 is 0. The lowest BCUT2D eigenvalue weighted by Gasteiger charge is -2.28. The van der Waals surface area contributed by atoms with E-state index in [1.165, 1.54) is 19.1 Å². The van der Waals surface area contributed by atoms with Crippen molar-refractivity contribution in [3.05, 3.63) is 0 Å². The number of rotatable bonds is 3. The first-order chi connectivity index (χ1) is 6.42. The van der Waals surface area contributed by atoms with E-state index in [0.29, 0.717) is 25.2 Å². The topological polar surface area (TPSA) is 54.4 Å². The largest absolute Gasteiger partial charge is 0.389 e. The maximum Gasteiger partial charge on any atom is 0.153 e. The molecule has 82 valence electrons. The van der Waals surface area contributed by atoms with E-state index in [4.69, 9.17) is 0 Å². The Kier molecular flexibility index (Phi) is 2.39. The molecule has 2 saturated carbocycles. The van der Waals surface area contributed by atoms with Crippen LogP contribution in [0.2, 0.25) is 0 Å². The van der Waals surface area contributed by atoms with Crippen LogP contribution in [0.4, 0.5) is 0 Å². The molecule has 3 nitrogen and oxygen atoms in total. The lowest BCUT2D eigenvalue weighted by molar-refractivity contribution is 0.0363. The first-order valence-electron chi connectivity index (χ1n) is 5.33. The highest BCUT2D eigenvalue weighted by atomic mass is 32.2. The van der Waals surface area contributed by atoms with Crippen LogP contribution in [0.5, 0.6) is 0 Å². The van der Waals surface area contributed by atoms with E-state index in [1.54, 1.807) is 0 Å². The summed E-state index contributed by atoms with van der Waals surface area (Å²) in [6.07, 6.45) is 6.44. The van der Waals surface area contributed by atoms with Crippen LogP contribution in [0.1, 0.15) is 38.5 Å². The molecule has 0 aromatic heterocycles. The van der Waals surface area contributed by atoms with E-state index >= 15 is 0 Å². The molecule has 2 aliphatic rings. The fraction of sp³-hybridized carbons (Fsp3) is 1.00. The second-order valence-corrected chi connectivity index (χ2v) is 7.19. The van der Waals surface area contributed by atoms with Crippen molar-refractivity contribution in [3.8, 4) is 0 Å². The summed E-state index contributed by atoms with van der Waals surface area (Å²) in [6, 6.07) is 0. The van der Waals surface area contributed by atoms with Gasteiger partial charge in [-0.2, -0.15) is 0 Å². The number of hydrogen-bond donors (Lipinski definition) is 1. The van der Waals surface area contributed by atoms with Crippen LogP contribution in [-0.2, 0) is 9.84 Å². The minimum atomic E-state index is -3.08. The maximum atomic E-state index is 11.5. The van der Waals surface area contributed by atoms with Crippen LogP contribution in [0.25, 0.3) is 0 Å². The summed E-state index contributed by atoms with van der Waals surface area (Å²) in [6.45, 7) is 0. The van der Waals surface area contributed by atoms with Crippen LogP contribution in [0.3, 0.4) is 0 Å². The van der Waals surface area contributed by atoms with Gasteiger partial charge >= 0.3 is 0 Å². The van der Waals surface area contributed by atoms with E-state index in [1.807, 2.05) is 0 Å². The van der Waals surface area contributed by atoms with Gasteiger partial charge in [0.1, 0.15) is 0 Å². The predicted molar refractivity (Wildman–Crippen MR) is 54.8 cm³/mol. The third-order valence-corrected chi connectivity index (χ3v) is 5.24. The molecular formula is C10H18O3S. The van der Waals surface area contributed by atoms with Crippen molar-refractivity contribution in [2.24, 2.45) is 5.92 Å². The Hall–Kier alpha value is -0.0900. The Morgan fingerprint density at radius 2 is 2.00 bits per heavy atom. The standard InChI is InChI=1S/C10H18O3S/c1-14(12,13)9-3-2-6-10(9,11)7-8-4-5-8/h8-9,11H,2-7H2,1H3. The first kappa shape index (κ1) is 10.4. The van der Waals surface area contributed by atoms with Gasteiger partial charge < -0.3 is 5.11 Å². The molecule has 0 aliphatic heterocycles. The van der Waals surface area contributed by atoms with Gasteiger partial charge in [-0.05, 0) is 31.6 Å². The summed E-state index contributed by atoms with van der Waals surface area (Å²) < 4.78 is 23.0. The fourth-order valence-electron chi connectivity index (χ4n) is 2.69. The molecule has 0 aromatic carbocycles. The second-order valence-electron chi connectivity index (χ2n) is 4.96. The van der Waals surface area contributed by atoms with Crippen molar-refractivity contribution < 1.29 is 13.5 Å². The van der Waals surface area contributed by atoms with Crippen LogP contribution in [-0.4, -0.2) is 30.6 Å². The first-order valence-corrected chi connectivity index (χ1v) is 7.28. The molecule has 0 spiro atoms. The normalized spacial score (nSPS) is 38.9. The third kappa shape index (κ3) is 1.96. The van der Waals surface area contributed by atoms with E-state index in [9.17, 15) is 13.5 Å². The molecule has 0 radical (unpaired) electrons. The maximum absolute atomic E-state index is 11.5. The number of hydrogen-bond acceptors (Lipinski definition) is 3. The lowest BCUT2D eigenvalue weighted by Crippen LogP contribution is -2.42. The number of aliphatic hydroxyl groups is 1. The second kappa shape index (κ2) is 3.20. The summed E-state index contributed by atoms with van der Waals surface area (Å²) in [5.74, 6) is 0.586. The lowest BCUT2D eigenvalue weighted by atomic mass is 9.95. The van der Waals surface area contributed by atoms with Gasteiger partial charge in [-0.3, -0.25) is 0 Å². The van der Waals surface area contributed by atoms with Gasteiger partial charge in [0.25, 0.3) is 0 Å². The van der Waals surface area contributed by atoms with Gasteiger partial charge in [0.15, 0.2) is 9.84 Å². The zero-order valence-electron chi connectivity index (χ0n) is 8.57. The smallest absolute Gasteiger partial charge is 0.153 e. The van der Waals surface area contributed by atoms with Crippen molar-refractivity contribution in [2.75, 3.05) is 6.26 Å². The van der Waals surface area contributed by atoms with Crippen molar-refractivity contribution >= 4 is 9.84 Å². The van der Waals surface area contributed by atoms with Gasteiger partial charge in [0.05, 0.1) is 10.9 Å².